The van der Waals surface area contributed by atoms with Crippen molar-refractivity contribution in [2.24, 2.45) is 20.4 Å². The van der Waals surface area contributed by atoms with E-state index in [-0.39, 0.29) is 21.5 Å². The highest BCUT2D eigenvalue weighted by atomic mass is 35.5. The third kappa shape index (κ3) is 6.79. The number of benzene rings is 4. The number of rotatable bonds is 7. The lowest BCUT2D eigenvalue weighted by Crippen LogP contribution is -2.17. The third-order valence-electron chi connectivity index (χ3n) is 5.14. The van der Waals surface area contributed by atoms with Gasteiger partial charge in [0.2, 0.25) is 0 Å². The quantitative estimate of drug-likeness (QED) is 0.170. The number of nitrogens with zero attached hydrogens (tertiary/aromatic N) is 4. The fraction of sp³-hybridized carbons (Fsp3) is 0. The van der Waals surface area contributed by atoms with Crippen LogP contribution in [-0.4, -0.2) is 34.1 Å². The molecule has 2 N–H and O–H groups in total. The van der Waals surface area contributed by atoms with Crippen molar-refractivity contribution in [2.75, 3.05) is 0 Å². The van der Waals surface area contributed by atoms with Crippen molar-refractivity contribution in [3.05, 3.63) is 127 Å². The van der Waals surface area contributed by atoms with Gasteiger partial charge in [0.05, 0.1) is 22.5 Å². The van der Waals surface area contributed by atoms with Crippen molar-refractivity contribution in [3.63, 3.8) is 0 Å². The van der Waals surface area contributed by atoms with Gasteiger partial charge in [-0.15, -0.1) is 10.2 Å². The maximum Gasteiger partial charge on any atom is 0.143 e. The molecule has 0 aromatic heterocycles. The molecule has 0 radical (unpaired) electrons. The van der Waals surface area contributed by atoms with Crippen LogP contribution in [0, 0.1) is 0 Å². The zero-order valence-electron chi connectivity index (χ0n) is 19.4. The summed E-state index contributed by atoms with van der Waals surface area (Å²) >= 11 is 24.2. The highest BCUT2D eigenvalue weighted by Gasteiger charge is 2.15. The van der Waals surface area contributed by atoms with E-state index >= 15 is 0 Å². The maximum absolute atomic E-state index is 10.3. The Balaban J connectivity index is 1.83. The molecule has 190 valence electrons. The van der Waals surface area contributed by atoms with Crippen LogP contribution in [0.5, 0.6) is 11.5 Å². The Morgan fingerprint density at radius 3 is 1.29 bits per heavy atom. The number of phenols is 2. The number of hydrogen-bond donors (Lipinski definition) is 2. The lowest BCUT2D eigenvalue weighted by molar-refractivity contribution is 0.474. The summed E-state index contributed by atoms with van der Waals surface area (Å²) in [5.74, 6) is -0.337. The standard InChI is InChI=1S/C28H18Cl4N4O2/c29-21-11-19(27(37)23(31)13-21)15-33-35-25(17-7-3-1-4-8-17)26(18-9-5-2-6-10-18)36-34-16-20-12-22(30)14-24(32)28(20)38/h1-16,37-38H. The fourth-order valence-electron chi connectivity index (χ4n) is 3.34. The van der Waals surface area contributed by atoms with Gasteiger partial charge >= 0.3 is 0 Å². The van der Waals surface area contributed by atoms with E-state index in [0.29, 0.717) is 43.7 Å². The predicted octanol–water partition coefficient (Wildman–Crippen LogP) is 8.06. The van der Waals surface area contributed by atoms with Crippen LogP contribution < -0.4 is 0 Å². The first-order chi connectivity index (χ1) is 18.3. The van der Waals surface area contributed by atoms with Crippen molar-refractivity contribution in [1.29, 1.82) is 0 Å². The molecule has 0 heterocycles. The molecule has 0 aliphatic carbocycles. The van der Waals surface area contributed by atoms with Crippen molar-refractivity contribution in [2.45, 2.75) is 0 Å². The molecule has 6 nitrogen and oxygen atoms in total. The van der Waals surface area contributed by atoms with Crippen LogP contribution in [0.4, 0.5) is 0 Å². The zero-order valence-corrected chi connectivity index (χ0v) is 22.5. The Morgan fingerprint density at radius 2 is 0.921 bits per heavy atom. The van der Waals surface area contributed by atoms with E-state index in [1.165, 1.54) is 36.7 Å². The van der Waals surface area contributed by atoms with E-state index in [2.05, 4.69) is 20.4 Å². The summed E-state index contributed by atoms with van der Waals surface area (Å²) in [4.78, 5) is 0. The second-order valence-electron chi connectivity index (χ2n) is 7.77. The largest absolute Gasteiger partial charge is 0.506 e. The van der Waals surface area contributed by atoms with Crippen LogP contribution in [0.3, 0.4) is 0 Å². The topological polar surface area (TPSA) is 89.9 Å². The maximum atomic E-state index is 10.3. The minimum absolute atomic E-state index is 0.0939. The molecule has 4 aromatic carbocycles. The van der Waals surface area contributed by atoms with Crippen LogP contribution in [-0.2, 0) is 0 Å². The average molecular weight is 584 g/mol. The molecule has 0 spiro atoms. The normalized spacial score (nSPS) is 12.5. The molecular formula is C28H18Cl4N4O2. The van der Waals surface area contributed by atoms with Gasteiger partial charge in [0.25, 0.3) is 0 Å². The summed E-state index contributed by atoms with van der Waals surface area (Å²) in [6.45, 7) is 0. The van der Waals surface area contributed by atoms with E-state index in [4.69, 9.17) is 46.4 Å². The second-order valence-corrected chi connectivity index (χ2v) is 9.46. The van der Waals surface area contributed by atoms with Crippen molar-refractivity contribution >= 4 is 70.3 Å². The first kappa shape index (κ1) is 27.4. The van der Waals surface area contributed by atoms with Gasteiger partial charge in [-0.05, 0) is 24.3 Å². The Kier molecular flexibility index (Phi) is 9.15. The van der Waals surface area contributed by atoms with Crippen LogP contribution in [0.1, 0.15) is 22.3 Å². The molecule has 0 bridgehead atoms. The molecule has 10 heteroatoms. The van der Waals surface area contributed by atoms with Gasteiger partial charge in [-0.25, -0.2) is 0 Å². The summed E-state index contributed by atoms with van der Waals surface area (Å²) < 4.78 is 0. The monoisotopic (exact) mass is 582 g/mol. The van der Waals surface area contributed by atoms with Gasteiger partial charge in [0.1, 0.15) is 22.9 Å². The van der Waals surface area contributed by atoms with Gasteiger partial charge in [-0.1, -0.05) is 107 Å². The molecule has 0 saturated heterocycles. The van der Waals surface area contributed by atoms with Crippen LogP contribution in [0.2, 0.25) is 20.1 Å². The summed E-state index contributed by atoms with van der Waals surface area (Å²) in [6, 6.07) is 24.5. The molecule has 0 fully saturated rings. The Bertz CT molecular complexity index is 1450. The Morgan fingerprint density at radius 1 is 0.553 bits per heavy atom. The average Bonchev–Trinajstić information content (AvgIpc) is 2.91. The molecular weight excluding hydrogens is 566 g/mol. The highest BCUT2D eigenvalue weighted by Crippen LogP contribution is 2.31. The minimum atomic E-state index is -0.169. The minimum Gasteiger partial charge on any atom is -0.506 e. The molecule has 0 saturated carbocycles. The summed E-state index contributed by atoms with van der Waals surface area (Å²) in [5.41, 5.74) is 2.80. The number of aromatic hydroxyl groups is 2. The fourth-order valence-corrected chi connectivity index (χ4v) is 4.36. The first-order valence-electron chi connectivity index (χ1n) is 11.0. The predicted molar refractivity (Wildman–Crippen MR) is 157 cm³/mol. The molecule has 38 heavy (non-hydrogen) atoms. The molecule has 0 atom stereocenters. The van der Waals surface area contributed by atoms with Crippen molar-refractivity contribution in [3.8, 4) is 11.5 Å². The lowest BCUT2D eigenvalue weighted by Gasteiger charge is -2.09. The van der Waals surface area contributed by atoms with Gasteiger partial charge in [-0.2, -0.15) is 10.2 Å². The van der Waals surface area contributed by atoms with E-state index < -0.39 is 0 Å². The zero-order chi connectivity index (χ0) is 27.1. The molecule has 0 aliphatic rings. The number of halogens is 4. The van der Waals surface area contributed by atoms with Crippen LogP contribution >= 0.6 is 46.4 Å². The highest BCUT2D eigenvalue weighted by molar-refractivity contribution is 6.53. The van der Waals surface area contributed by atoms with E-state index in [0.717, 1.165) is 0 Å². The van der Waals surface area contributed by atoms with Crippen molar-refractivity contribution < 1.29 is 10.2 Å². The first-order valence-corrected chi connectivity index (χ1v) is 12.5. The summed E-state index contributed by atoms with van der Waals surface area (Å²) in [6.07, 6.45) is 2.68. The lowest BCUT2D eigenvalue weighted by atomic mass is 10.00. The molecule has 4 aromatic rings. The Labute approximate surface area is 238 Å². The van der Waals surface area contributed by atoms with Crippen LogP contribution in [0.15, 0.2) is 105 Å². The second kappa shape index (κ2) is 12.7. The molecule has 0 unspecified atom stereocenters. The number of phenolic OH excluding ortho intramolecular Hbond substituents is 2. The van der Waals surface area contributed by atoms with E-state index in [1.54, 1.807) is 0 Å². The summed E-state index contributed by atoms with van der Waals surface area (Å²) in [5, 5.41) is 38.6. The van der Waals surface area contributed by atoms with Gasteiger partial charge in [0.15, 0.2) is 0 Å². The smallest absolute Gasteiger partial charge is 0.143 e. The van der Waals surface area contributed by atoms with Gasteiger partial charge in [-0.3, -0.25) is 0 Å². The molecule has 0 amide bonds. The van der Waals surface area contributed by atoms with Gasteiger partial charge in [0, 0.05) is 32.3 Å². The van der Waals surface area contributed by atoms with Crippen LogP contribution in [0.25, 0.3) is 0 Å². The SMILES string of the molecule is Oc1c(Cl)cc(Cl)cc1C=NN=C(C(=NN=Cc1cc(Cl)cc(Cl)c1O)c1ccccc1)c1ccccc1. The summed E-state index contributed by atoms with van der Waals surface area (Å²) in [7, 11) is 0. The third-order valence-corrected chi connectivity index (χ3v) is 6.16. The van der Waals surface area contributed by atoms with Gasteiger partial charge < -0.3 is 10.2 Å². The molecule has 4 rings (SSSR count). The van der Waals surface area contributed by atoms with E-state index in [9.17, 15) is 10.2 Å². The van der Waals surface area contributed by atoms with Crippen molar-refractivity contribution in [1.82, 2.24) is 0 Å². The Hall–Kier alpha value is -3.68. The number of hydrogen-bond acceptors (Lipinski definition) is 6. The van der Waals surface area contributed by atoms with E-state index in [1.807, 2.05) is 60.7 Å². The molecule has 0 aliphatic heterocycles.